The molecule has 0 bridgehead atoms. The number of nitrogens with two attached hydrogens (primary N) is 1. The van der Waals surface area contributed by atoms with Crippen molar-refractivity contribution >= 4 is 34.5 Å². The molecule has 0 aliphatic heterocycles. The lowest BCUT2D eigenvalue weighted by Gasteiger charge is -2.06. The summed E-state index contributed by atoms with van der Waals surface area (Å²) >= 11 is 7.26. The Morgan fingerprint density at radius 3 is 3.00 bits per heavy atom. The van der Waals surface area contributed by atoms with Crippen LogP contribution in [0.5, 0.6) is 0 Å². The number of aromatic nitrogens is 2. The highest BCUT2D eigenvalue weighted by Gasteiger charge is 2.15. The molecule has 0 aliphatic rings. The van der Waals surface area contributed by atoms with E-state index in [4.69, 9.17) is 17.3 Å². The Labute approximate surface area is 114 Å². The molecule has 18 heavy (non-hydrogen) atoms. The summed E-state index contributed by atoms with van der Waals surface area (Å²) in [6, 6.07) is 3.69. The van der Waals surface area contributed by atoms with Crippen LogP contribution in [0, 0.1) is 0 Å². The lowest BCUT2D eigenvalue weighted by molar-refractivity contribution is 0.0941. The smallest absolute Gasteiger partial charge is 0.271 e. The molecular weight excluding hydrogens is 272 g/mol. The van der Waals surface area contributed by atoms with Crippen molar-refractivity contribution in [2.24, 2.45) is 0 Å². The molecule has 0 fully saturated rings. The van der Waals surface area contributed by atoms with Gasteiger partial charge in [-0.15, -0.1) is 11.3 Å². The Morgan fingerprint density at radius 2 is 2.39 bits per heavy atom. The van der Waals surface area contributed by atoms with Gasteiger partial charge in [-0.25, -0.2) is 0 Å². The second kappa shape index (κ2) is 5.41. The number of carbonyl (C=O) groups is 1. The lowest BCUT2D eigenvalue weighted by Crippen LogP contribution is -2.26. The third-order valence-electron chi connectivity index (χ3n) is 2.43. The minimum absolute atomic E-state index is 0.226. The minimum Gasteiger partial charge on any atom is -0.396 e. The van der Waals surface area contributed by atoms with Crippen molar-refractivity contribution in [1.29, 1.82) is 0 Å². The highest BCUT2D eigenvalue weighted by atomic mass is 35.5. The number of carbonyl (C=O) groups excluding carboxylic acids is 1. The maximum absolute atomic E-state index is 12.0. The van der Waals surface area contributed by atoms with Crippen LogP contribution >= 0.6 is 22.9 Å². The predicted octanol–water partition coefficient (Wildman–Crippen LogP) is 2.13. The Morgan fingerprint density at radius 1 is 1.61 bits per heavy atom. The number of amides is 1. The van der Waals surface area contributed by atoms with Gasteiger partial charge in [0, 0.05) is 11.4 Å². The van der Waals surface area contributed by atoms with Crippen LogP contribution in [0.15, 0.2) is 18.3 Å². The average Bonchev–Trinajstić information content (AvgIpc) is 2.92. The molecule has 2 heterocycles. The number of aryl methyl sites for hydroxylation is 1. The summed E-state index contributed by atoms with van der Waals surface area (Å²) in [6.07, 6.45) is 1.49. The predicted molar refractivity (Wildman–Crippen MR) is 72.8 cm³/mol. The van der Waals surface area contributed by atoms with E-state index in [-0.39, 0.29) is 5.91 Å². The normalized spacial score (nSPS) is 10.6. The quantitative estimate of drug-likeness (QED) is 0.903. The summed E-state index contributed by atoms with van der Waals surface area (Å²) in [7, 11) is 0. The molecule has 96 valence electrons. The van der Waals surface area contributed by atoms with Crippen LogP contribution in [0.1, 0.15) is 22.3 Å². The molecule has 7 heteroatoms. The molecule has 0 radical (unpaired) electrons. The van der Waals surface area contributed by atoms with Crippen LogP contribution in [-0.4, -0.2) is 15.7 Å². The maximum atomic E-state index is 12.0. The third kappa shape index (κ3) is 2.65. The summed E-state index contributed by atoms with van der Waals surface area (Å²) in [5, 5.41) is 6.83. The molecule has 0 saturated heterocycles. The molecule has 2 aromatic rings. The highest BCUT2D eigenvalue weighted by Crippen LogP contribution is 2.21. The van der Waals surface area contributed by atoms with E-state index in [0.29, 0.717) is 28.8 Å². The number of halogens is 1. The number of nitrogens with one attached hydrogen (secondary N) is 1. The first kappa shape index (κ1) is 12.9. The topological polar surface area (TPSA) is 72.9 Å². The molecule has 0 saturated carbocycles. The number of hydrogen-bond donors (Lipinski definition) is 2. The molecular formula is C11H13ClN4OS. The monoisotopic (exact) mass is 284 g/mol. The van der Waals surface area contributed by atoms with E-state index >= 15 is 0 Å². The van der Waals surface area contributed by atoms with Gasteiger partial charge in [-0.2, -0.15) is 5.10 Å². The highest BCUT2D eigenvalue weighted by molar-refractivity contribution is 7.16. The van der Waals surface area contributed by atoms with Gasteiger partial charge in [0.25, 0.3) is 5.91 Å². The summed E-state index contributed by atoms with van der Waals surface area (Å²) in [5.41, 5.74) is 6.52. The summed E-state index contributed by atoms with van der Waals surface area (Å²) in [6.45, 7) is 2.94. The van der Waals surface area contributed by atoms with Crippen LogP contribution in [0.25, 0.3) is 0 Å². The van der Waals surface area contributed by atoms with Gasteiger partial charge in [0.15, 0.2) is 0 Å². The summed E-state index contributed by atoms with van der Waals surface area (Å²) in [4.78, 5) is 13.0. The number of hydrogen-bond acceptors (Lipinski definition) is 4. The van der Waals surface area contributed by atoms with Gasteiger partial charge in [-0.1, -0.05) is 11.6 Å². The number of nitrogen functional groups attached to an aromatic ring is 1. The first-order chi connectivity index (χ1) is 8.61. The zero-order chi connectivity index (χ0) is 13.1. The molecule has 0 aromatic carbocycles. The number of thiophene rings is 1. The number of anilines is 1. The zero-order valence-corrected chi connectivity index (χ0v) is 11.4. The van der Waals surface area contributed by atoms with E-state index in [1.807, 2.05) is 13.0 Å². The molecule has 1 amide bonds. The van der Waals surface area contributed by atoms with Crippen molar-refractivity contribution in [1.82, 2.24) is 15.1 Å². The fourth-order valence-corrected chi connectivity index (χ4v) is 2.61. The van der Waals surface area contributed by atoms with Crippen molar-refractivity contribution in [3.63, 3.8) is 0 Å². The maximum Gasteiger partial charge on any atom is 0.271 e. The number of rotatable bonds is 4. The molecule has 5 nitrogen and oxygen atoms in total. The van der Waals surface area contributed by atoms with E-state index in [9.17, 15) is 4.79 Å². The summed E-state index contributed by atoms with van der Waals surface area (Å²) in [5.74, 6) is -0.226. The molecule has 2 aromatic heterocycles. The van der Waals surface area contributed by atoms with Gasteiger partial charge in [-0.3, -0.25) is 9.48 Å². The van der Waals surface area contributed by atoms with Crippen LogP contribution < -0.4 is 11.1 Å². The van der Waals surface area contributed by atoms with Gasteiger partial charge in [0.05, 0.1) is 22.8 Å². The van der Waals surface area contributed by atoms with Crippen molar-refractivity contribution < 1.29 is 4.79 Å². The van der Waals surface area contributed by atoms with Crippen LogP contribution in [0.3, 0.4) is 0 Å². The molecule has 3 N–H and O–H groups in total. The first-order valence-electron chi connectivity index (χ1n) is 5.45. The molecule has 0 spiro atoms. The largest absolute Gasteiger partial charge is 0.396 e. The van der Waals surface area contributed by atoms with Crippen molar-refractivity contribution in [2.75, 3.05) is 5.73 Å². The second-order valence-corrected chi connectivity index (χ2v) is 5.45. The Bertz CT molecular complexity index is 563. The van der Waals surface area contributed by atoms with E-state index in [0.717, 1.165) is 4.88 Å². The minimum atomic E-state index is -0.226. The average molecular weight is 285 g/mol. The van der Waals surface area contributed by atoms with E-state index in [2.05, 4.69) is 10.4 Å². The Hall–Kier alpha value is -1.53. The Balaban J connectivity index is 2.05. The van der Waals surface area contributed by atoms with Crippen LogP contribution in [-0.2, 0) is 13.1 Å². The molecule has 0 aliphatic carbocycles. The summed E-state index contributed by atoms with van der Waals surface area (Å²) < 4.78 is 2.28. The molecule has 0 atom stereocenters. The first-order valence-corrected chi connectivity index (χ1v) is 6.65. The van der Waals surface area contributed by atoms with Gasteiger partial charge in [0.2, 0.25) is 0 Å². The van der Waals surface area contributed by atoms with E-state index < -0.39 is 0 Å². The van der Waals surface area contributed by atoms with Gasteiger partial charge in [0.1, 0.15) is 5.69 Å². The standard InChI is InChI=1S/C11H13ClN4OS/c1-2-16-10(8(13)6-15-16)11(17)14-5-7-3-4-9(12)18-7/h3-4,6H,2,5,13H2,1H3,(H,14,17). The third-order valence-corrected chi connectivity index (χ3v) is 3.67. The van der Waals surface area contributed by atoms with Gasteiger partial charge in [-0.05, 0) is 19.1 Å². The second-order valence-electron chi connectivity index (χ2n) is 3.65. The molecule has 2 rings (SSSR count). The van der Waals surface area contributed by atoms with E-state index in [1.165, 1.54) is 17.5 Å². The molecule has 0 unspecified atom stereocenters. The van der Waals surface area contributed by atoms with Crippen molar-refractivity contribution in [2.45, 2.75) is 20.0 Å². The van der Waals surface area contributed by atoms with Gasteiger partial charge >= 0.3 is 0 Å². The van der Waals surface area contributed by atoms with Crippen LogP contribution in [0.2, 0.25) is 4.34 Å². The van der Waals surface area contributed by atoms with Crippen molar-refractivity contribution in [3.05, 3.63) is 33.2 Å². The zero-order valence-electron chi connectivity index (χ0n) is 9.81. The Kier molecular flexibility index (Phi) is 3.88. The van der Waals surface area contributed by atoms with Crippen molar-refractivity contribution in [3.8, 4) is 0 Å². The number of nitrogens with zero attached hydrogens (tertiary/aromatic N) is 2. The van der Waals surface area contributed by atoms with Crippen LogP contribution in [0.4, 0.5) is 5.69 Å². The van der Waals surface area contributed by atoms with Gasteiger partial charge < -0.3 is 11.1 Å². The SMILES string of the molecule is CCn1ncc(N)c1C(=O)NCc1ccc(Cl)s1. The fraction of sp³-hybridized carbons (Fsp3) is 0.273. The van der Waals surface area contributed by atoms with E-state index in [1.54, 1.807) is 10.7 Å². The fourth-order valence-electron chi connectivity index (χ4n) is 1.59. The lowest BCUT2D eigenvalue weighted by atomic mass is 10.3.